The number of H-pyrrole nitrogens is 1. The molecule has 5 N–H and O–H groups in total. The number of hydrogen-bond donors (Lipinski definition) is 5. The highest BCUT2D eigenvalue weighted by Gasteiger charge is 2.38. The fraction of sp³-hybridized carbons (Fsp3) is 0.318. The number of aromatic nitrogens is 2. The molecule has 0 radical (unpaired) electrons. The topological polar surface area (TPSA) is 139 Å². The van der Waals surface area contributed by atoms with Crippen LogP contribution in [0.4, 0.5) is 0 Å². The molecule has 1 fully saturated rings. The van der Waals surface area contributed by atoms with Gasteiger partial charge in [0.05, 0.1) is 30.0 Å². The molecule has 1 aromatic carbocycles. The lowest BCUT2D eigenvalue weighted by Crippen LogP contribution is -2.52. The van der Waals surface area contributed by atoms with Crippen LogP contribution in [0.1, 0.15) is 16.1 Å². The molecular weight excluding hydrogens is 436 g/mol. The lowest BCUT2D eigenvalue weighted by atomic mass is 10.00. The number of fused-ring (bicyclic) bond motifs is 1. The van der Waals surface area contributed by atoms with Crippen molar-refractivity contribution in [1.29, 1.82) is 0 Å². The van der Waals surface area contributed by atoms with Crippen LogP contribution < -0.4 is 5.32 Å². The third-order valence-electron chi connectivity index (χ3n) is 5.54. The Balaban J connectivity index is 1.55. The van der Waals surface area contributed by atoms with E-state index in [-0.39, 0.29) is 25.2 Å². The minimum Gasteiger partial charge on any atom is -0.388 e. The highest BCUT2D eigenvalue weighted by Crippen LogP contribution is 2.19. The molecule has 2 unspecified atom stereocenters. The van der Waals surface area contributed by atoms with Crippen LogP contribution in [-0.4, -0.2) is 79.4 Å². The van der Waals surface area contributed by atoms with E-state index in [1.165, 1.54) is 11.1 Å². The average molecular weight is 459 g/mol. The number of likely N-dealkylation sites (tertiary alicyclic amines) is 1. The molecule has 4 atom stereocenters. The minimum absolute atomic E-state index is 0.0845. The van der Waals surface area contributed by atoms with Crippen LogP contribution in [0.5, 0.6) is 0 Å². The van der Waals surface area contributed by atoms with Crippen LogP contribution in [-0.2, 0) is 11.2 Å². The predicted molar refractivity (Wildman–Crippen MR) is 117 cm³/mol. The summed E-state index contributed by atoms with van der Waals surface area (Å²) in [5, 5.41) is 34.1. The first-order chi connectivity index (χ1) is 15.3. The van der Waals surface area contributed by atoms with Crippen molar-refractivity contribution in [3.8, 4) is 0 Å². The third-order valence-corrected chi connectivity index (χ3v) is 5.74. The summed E-state index contributed by atoms with van der Waals surface area (Å²) in [6, 6.07) is 11.4. The molecule has 1 saturated heterocycles. The summed E-state index contributed by atoms with van der Waals surface area (Å²) < 4.78 is 0. The van der Waals surface area contributed by atoms with Crippen LogP contribution in [0, 0.1) is 0 Å². The second kappa shape index (κ2) is 9.25. The Bertz CT molecular complexity index is 1110. The molecule has 3 aromatic rings. The molecule has 0 saturated carbocycles. The van der Waals surface area contributed by atoms with E-state index >= 15 is 0 Å². The zero-order valence-corrected chi connectivity index (χ0v) is 17.7. The Hall–Kier alpha value is -2.98. The summed E-state index contributed by atoms with van der Waals surface area (Å²) in [6.45, 7) is -0.169. The van der Waals surface area contributed by atoms with Gasteiger partial charge in [0.2, 0.25) is 0 Å². The monoisotopic (exact) mass is 458 g/mol. The lowest BCUT2D eigenvalue weighted by molar-refractivity contribution is -0.141. The molecule has 2 amide bonds. The van der Waals surface area contributed by atoms with E-state index in [0.29, 0.717) is 16.1 Å². The predicted octanol–water partition coefficient (Wildman–Crippen LogP) is 0.482. The van der Waals surface area contributed by atoms with Gasteiger partial charge in [-0.2, -0.15) is 0 Å². The summed E-state index contributed by atoms with van der Waals surface area (Å²) in [4.78, 5) is 33.9. The van der Waals surface area contributed by atoms with Crippen molar-refractivity contribution >= 4 is 34.3 Å². The summed E-state index contributed by atoms with van der Waals surface area (Å²) in [7, 11) is 0. The summed E-state index contributed by atoms with van der Waals surface area (Å²) in [5.41, 5.74) is 1.67. The van der Waals surface area contributed by atoms with Gasteiger partial charge >= 0.3 is 0 Å². The van der Waals surface area contributed by atoms with Crippen molar-refractivity contribution in [2.24, 2.45) is 0 Å². The maximum absolute atomic E-state index is 12.9. The number of halogens is 1. The van der Waals surface area contributed by atoms with Crippen molar-refractivity contribution < 1.29 is 24.9 Å². The number of pyridine rings is 1. The van der Waals surface area contributed by atoms with Gasteiger partial charge in [-0.05, 0) is 24.1 Å². The van der Waals surface area contributed by atoms with Gasteiger partial charge in [0, 0.05) is 18.5 Å². The molecule has 4 rings (SSSR count). The van der Waals surface area contributed by atoms with Crippen molar-refractivity contribution in [3.63, 3.8) is 0 Å². The maximum Gasteiger partial charge on any atom is 0.268 e. The number of β-amino-alcohol motifs (C(OH)–C–C–N with tert-alkyl or cyclic N) is 2. The molecule has 1 aliphatic rings. The number of nitrogens with zero attached hydrogens (tertiary/aromatic N) is 2. The van der Waals surface area contributed by atoms with Crippen molar-refractivity contribution in [1.82, 2.24) is 20.2 Å². The number of benzene rings is 1. The van der Waals surface area contributed by atoms with E-state index in [1.807, 2.05) is 30.3 Å². The quantitative estimate of drug-likeness (QED) is 0.340. The number of amides is 2. The molecule has 9 nitrogen and oxygen atoms in total. The molecule has 0 aliphatic carbocycles. The van der Waals surface area contributed by atoms with E-state index in [0.717, 1.165) is 5.56 Å². The van der Waals surface area contributed by atoms with E-state index in [9.17, 15) is 24.9 Å². The molecule has 1 aliphatic heterocycles. The number of nitrogens with one attached hydrogen (secondary N) is 2. The highest BCUT2D eigenvalue weighted by atomic mass is 35.5. The lowest BCUT2D eigenvalue weighted by Gasteiger charge is -2.27. The third kappa shape index (κ3) is 4.76. The second-order valence-corrected chi connectivity index (χ2v) is 8.26. The Morgan fingerprint density at radius 3 is 2.56 bits per heavy atom. The van der Waals surface area contributed by atoms with Crippen LogP contribution in [0.25, 0.3) is 10.9 Å². The largest absolute Gasteiger partial charge is 0.388 e. The van der Waals surface area contributed by atoms with Gasteiger partial charge in [-0.1, -0.05) is 41.9 Å². The van der Waals surface area contributed by atoms with Gasteiger partial charge < -0.3 is 30.5 Å². The fourth-order valence-corrected chi connectivity index (χ4v) is 3.96. The number of aliphatic hydroxyl groups is 3. The molecule has 3 heterocycles. The Labute approximate surface area is 188 Å². The van der Waals surface area contributed by atoms with Gasteiger partial charge in [0.15, 0.2) is 6.10 Å². The Morgan fingerprint density at radius 2 is 1.88 bits per heavy atom. The average Bonchev–Trinajstić information content (AvgIpc) is 3.35. The Morgan fingerprint density at radius 1 is 1.19 bits per heavy atom. The van der Waals surface area contributed by atoms with Crippen molar-refractivity contribution in [2.45, 2.75) is 30.8 Å². The van der Waals surface area contributed by atoms with Crippen LogP contribution in [0.2, 0.25) is 5.15 Å². The van der Waals surface area contributed by atoms with E-state index in [1.54, 1.807) is 12.1 Å². The van der Waals surface area contributed by atoms with Gasteiger partial charge in [-0.3, -0.25) is 9.59 Å². The van der Waals surface area contributed by atoms with Gasteiger partial charge in [-0.25, -0.2) is 4.98 Å². The molecule has 2 aromatic heterocycles. The number of aliphatic hydroxyl groups excluding tert-OH is 3. The van der Waals surface area contributed by atoms with Crippen LogP contribution in [0.15, 0.2) is 48.7 Å². The Kier molecular flexibility index (Phi) is 6.43. The van der Waals surface area contributed by atoms with Crippen LogP contribution >= 0.6 is 11.6 Å². The summed E-state index contributed by atoms with van der Waals surface area (Å²) >= 11 is 5.90. The number of carbonyl (C=O) groups is 2. The normalized spacial score (nSPS) is 20.3. The van der Waals surface area contributed by atoms with E-state index < -0.39 is 36.2 Å². The first kappa shape index (κ1) is 22.2. The second-order valence-electron chi connectivity index (χ2n) is 7.87. The maximum atomic E-state index is 12.9. The summed E-state index contributed by atoms with van der Waals surface area (Å²) in [5.74, 6) is -1.18. The van der Waals surface area contributed by atoms with Gasteiger partial charge in [0.25, 0.3) is 11.8 Å². The number of hydrogen-bond acceptors (Lipinski definition) is 6. The highest BCUT2D eigenvalue weighted by molar-refractivity contribution is 6.30. The molecule has 0 bridgehead atoms. The van der Waals surface area contributed by atoms with Gasteiger partial charge in [-0.15, -0.1) is 0 Å². The number of rotatable bonds is 6. The van der Waals surface area contributed by atoms with E-state index in [2.05, 4.69) is 15.3 Å². The number of carbonyl (C=O) groups excluding carboxylic acids is 2. The number of aromatic amines is 1. The fourth-order valence-electron chi connectivity index (χ4n) is 3.79. The van der Waals surface area contributed by atoms with E-state index in [4.69, 9.17) is 11.6 Å². The first-order valence-corrected chi connectivity index (χ1v) is 10.5. The molecule has 0 spiro atoms. The molecular formula is C22H23ClN4O5. The van der Waals surface area contributed by atoms with Crippen molar-refractivity contribution in [3.05, 3.63) is 65.1 Å². The van der Waals surface area contributed by atoms with Crippen molar-refractivity contribution in [2.75, 3.05) is 13.1 Å². The van der Waals surface area contributed by atoms with Crippen LogP contribution in [0.3, 0.4) is 0 Å². The molecule has 168 valence electrons. The first-order valence-electron chi connectivity index (χ1n) is 10.1. The molecule has 32 heavy (non-hydrogen) atoms. The standard InChI is InChI=1S/C22H23ClN4O5/c23-19-8-13-7-15(25-16(13)9-24-19)21(31)26-14(6-12-4-2-1-3-5-12)20(30)22(32)27-10-17(28)18(29)11-27/h1-5,7-9,14,17-18,20,25,28-30H,6,10-11H2,(H,26,31)/t14-,17?,18?,20-/m0/s1. The summed E-state index contributed by atoms with van der Waals surface area (Å²) in [6.07, 6.45) is -2.00. The smallest absolute Gasteiger partial charge is 0.268 e. The zero-order valence-electron chi connectivity index (χ0n) is 17.0. The minimum atomic E-state index is -1.57. The van der Waals surface area contributed by atoms with Gasteiger partial charge in [0.1, 0.15) is 10.8 Å². The zero-order chi connectivity index (χ0) is 22.8. The SMILES string of the molecule is O=C(N[C@@H](Cc1ccccc1)[C@H](O)C(=O)N1CC(O)C(O)C1)c1cc2cc(Cl)ncc2[nH]1. The molecule has 10 heteroatoms.